The first-order valence-electron chi connectivity index (χ1n) is 32.3. The van der Waals surface area contributed by atoms with Crippen molar-refractivity contribution in [2.45, 2.75) is 163 Å². The van der Waals surface area contributed by atoms with E-state index in [4.69, 9.17) is 63.1 Å². The van der Waals surface area contributed by atoms with Crippen LogP contribution < -0.4 is 46.9 Å². The minimum Gasteiger partial charge on any atom is -0.508 e. The van der Waals surface area contributed by atoms with Gasteiger partial charge in [0.05, 0.1) is 77.3 Å². The number of nitrogens with one attached hydrogen (secondary N) is 4. The Bertz CT molecular complexity index is 4060. The molecule has 2 saturated heterocycles. The maximum Gasteiger partial charge on any atom is 0.330 e. The third kappa shape index (κ3) is 16.0. The first-order valence-corrected chi connectivity index (χ1v) is 33.0. The Morgan fingerprint density at radius 3 is 1.95 bits per heavy atom. The number of fused-ring (bicyclic) bond motifs is 15. The van der Waals surface area contributed by atoms with E-state index >= 15 is 14.4 Å². The number of hydrogen-bond acceptors (Lipinski definition) is 25. The molecule has 7 aliphatic rings. The van der Waals surface area contributed by atoms with Crippen LogP contribution in [-0.2, 0) is 52.6 Å². The number of aliphatic hydroxyl groups excluding tert-OH is 6. The normalized spacial score (nSPS) is 29.6. The molecule has 12 rings (SSSR count). The van der Waals surface area contributed by atoms with Gasteiger partial charge < -0.3 is 112 Å². The summed E-state index contributed by atoms with van der Waals surface area (Å²) in [6.45, 7) is 5.77. The van der Waals surface area contributed by atoms with Gasteiger partial charge in [0, 0.05) is 54.0 Å². The number of carbonyl (C=O) groups excluding carboxylic acids is 7. The van der Waals surface area contributed by atoms with Gasteiger partial charge in [0.25, 0.3) is 0 Å². The third-order valence-corrected chi connectivity index (χ3v) is 19.3. The monoisotopic (exact) mass is 1440 g/mol. The lowest BCUT2D eigenvalue weighted by atomic mass is 9.84. The van der Waals surface area contributed by atoms with E-state index < -0.39 is 244 Å². The summed E-state index contributed by atoms with van der Waals surface area (Å²) in [7, 11) is 1.52. The van der Waals surface area contributed by atoms with E-state index in [1.54, 1.807) is 0 Å². The molecule has 32 heteroatoms. The molecule has 18 N–H and O–H groups in total. The second-order valence-electron chi connectivity index (χ2n) is 26.6. The zero-order valence-electron chi connectivity index (χ0n) is 54.9. The number of primary amides is 1. The quantitative estimate of drug-likeness (QED) is 0.0759. The molecular formula is C69H78Cl2N6O24. The number of likely N-dealkylation sites (N-methyl/N-ethyl adjacent to an activating group) is 1. The summed E-state index contributed by atoms with van der Waals surface area (Å²) in [6.07, 6.45) is -20.8. The first-order chi connectivity index (χ1) is 47.7. The number of amides is 4. The fourth-order valence-corrected chi connectivity index (χ4v) is 13.7. The summed E-state index contributed by atoms with van der Waals surface area (Å²) in [5.74, 6) is -20.0. The van der Waals surface area contributed by atoms with Crippen molar-refractivity contribution in [3.8, 4) is 57.1 Å². The smallest absolute Gasteiger partial charge is 0.330 e. The van der Waals surface area contributed by atoms with Crippen molar-refractivity contribution in [3.05, 3.63) is 117 Å². The molecule has 542 valence electrons. The Morgan fingerprint density at radius 2 is 1.37 bits per heavy atom. The molecule has 11 bridgehead atoms. The van der Waals surface area contributed by atoms with Gasteiger partial charge in [-0.3, -0.25) is 33.6 Å². The van der Waals surface area contributed by atoms with Gasteiger partial charge in [0.15, 0.2) is 47.3 Å². The van der Waals surface area contributed by atoms with Crippen LogP contribution in [0.2, 0.25) is 10.0 Å². The van der Waals surface area contributed by atoms with Gasteiger partial charge in [0.2, 0.25) is 35.7 Å². The van der Waals surface area contributed by atoms with Gasteiger partial charge in [0.1, 0.15) is 53.1 Å². The summed E-state index contributed by atoms with van der Waals surface area (Å²) in [6, 6.07) is 7.24. The Labute approximate surface area is 586 Å². The number of hydrogen-bond donors (Lipinski definition) is 16. The molecule has 0 spiro atoms. The predicted octanol–water partition coefficient (Wildman–Crippen LogP) is 3.17. The number of aliphatic carboxylic acids is 1. The molecule has 5 aromatic rings. The number of carbonyl (C=O) groups is 8. The second kappa shape index (κ2) is 30.5. The molecule has 18 atom stereocenters. The highest BCUT2D eigenvalue weighted by Gasteiger charge is 2.51. The maximum absolute atomic E-state index is 16.1. The fourth-order valence-electron chi connectivity index (χ4n) is 13.3. The Morgan fingerprint density at radius 1 is 0.733 bits per heavy atom. The van der Waals surface area contributed by atoms with Crippen molar-refractivity contribution in [1.29, 1.82) is 0 Å². The van der Waals surface area contributed by atoms with Gasteiger partial charge in [-0.05, 0) is 110 Å². The average molecular weight is 1450 g/mol. The van der Waals surface area contributed by atoms with Crippen molar-refractivity contribution in [1.82, 2.24) is 21.3 Å². The minimum absolute atomic E-state index is 0.0458. The maximum atomic E-state index is 16.1. The molecule has 5 aromatic carbocycles. The fraction of sp³-hybridized carbons (Fsp3) is 0.449. The van der Waals surface area contributed by atoms with Crippen LogP contribution in [0.25, 0.3) is 11.1 Å². The number of carboxylic acids is 1. The molecule has 2 fully saturated rings. The van der Waals surface area contributed by atoms with Gasteiger partial charge in [-0.15, -0.1) is 0 Å². The third-order valence-electron chi connectivity index (χ3n) is 18.7. The van der Waals surface area contributed by atoms with E-state index in [0.29, 0.717) is 0 Å². The van der Waals surface area contributed by atoms with Crippen molar-refractivity contribution in [2.24, 2.45) is 29.2 Å². The molecule has 101 heavy (non-hydrogen) atoms. The Kier molecular flexibility index (Phi) is 22.7. The lowest BCUT2D eigenvalue weighted by molar-refractivity contribution is -0.333. The summed E-state index contributed by atoms with van der Waals surface area (Å²) in [4.78, 5) is 118. The number of Topliss-reactive ketones (excluding diaryl/α,β-unsaturated/α-hetero) is 3. The standard InChI is InChI=1S/C69H78Cl2N6O24/c1-26(2)12-40(74-5)43(81)21-36-57(86)29-7-10-47(38(70)14-29)97-49-16-31-17-50(61(49)101-68-62(60(89)59(88)51(25-78)99-68)100-53-24-69(4,73)63(90)27(3)96-53)98-48-11-8-30(15-39(48)71)58(87)37-22-46(84)55(76-64(91)33(31)20-44(82)41(23-52(72)85)75-65(36)92)28-6-9-42(80)34(13-28)54-35(18-32(79)19-45(54)83)56(67(94)95)77-66(37)93/h6-11,13-19,26-27,33,36-37,40-41,51,53,55-60,62-63,68,74,78-80,83,86-90H,12,20-25,73H2,1-5H3,(H2,72,85)(H,75,92)(H,76,91)(H,77,93)(H,94,95)/t27-,33+,36+,37-,40+,41-,51+,53-,55+,56-,57+,58+,59+,60-,62+,63+,68-,69-/m0/s1. The van der Waals surface area contributed by atoms with Crippen molar-refractivity contribution >= 4 is 70.1 Å². The number of nitrogens with two attached hydrogens (primary N) is 2. The number of phenolic OH excluding ortho intramolecular Hbond substituents is 3. The van der Waals surface area contributed by atoms with Crippen LogP contribution in [0.15, 0.2) is 78.9 Å². The summed E-state index contributed by atoms with van der Waals surface area (Å²) in [5.41, 5.74) is 8.61. The van der Waals surface area contributed by atoms with E-state index in [2.05, 4.69) is 21.3 Å². The minimum atomic E-state index is -2.20. The molecular weight excluding hydrogens is 1370 g/mol. The number of rotatable bonds is 14. The van der Waals surface area contributed by atoms with E-state index in [1.165, 1.54) is 51.2 Å². The van der Waals surface area contributed by atoms with Gasteiger partial charge in [-0.1, -0.05) is 55.2 Å². The molecule has 7 aliphatic heterocycles. The van der Waals surface area contributed by atoms with Crippen molar-refractivity contribution < 1.29 is 118 Å². The zero-order chi connectivity index (χ0) is 73.5. The number of ketones is 3. The Hall–Kier alpha value is -8.60. The topological polar surface area (TPSA) is 494 Å². The largest absolute Gasteiger partial charge is 0.508 e. The molecule has 0 aliphatic carbocycles. The lowest BCUT2D eigenvalue weighted by Crippen LogP contribution is -2.64. The summed E-state index contributed by atoms with van der Waals surface area (Å²) < 4.78 is 38.5. The molecule has 0 unspecified atom stereocenters. The molecule has 30 nitrogen and oxygen atoms in total. The van der Waals surface area contributed by atoms with Crippen LogP contribution >= 0.6 is 23.2 Å². The van der Waals surface area contributed by atoms with E-state index in [9.17, 15) is 75.0 Å². The highest BCUT2D eigenvalue weighted by Crippen LogP contribution is 2.51. The van der Waals surface area contributed by atoms with Crippen molar-refractivity contribution in [2.75, 3.05) is 13.7 Å². The van der Waals surface area contributed by atoms with E-state index in [0.717, 1.165) is 48.5 Å². The predicted molar refractivity (Wildman–Crippen MR) is 353 cm³/mol. The van der Waals surface area contributed by atoms with Gasteiger partial charge in [-0.25, -0.2) is 4.79 Å². The molecule has 0 aromatic heterocycles. The van der Waals surface area contributed by atoms with Crippen LogP contribution in [0.5, 0.6) is 46.0 Å². The van der Waals surface area contributed by atoms with Crippen LogP contribution in [-0.4, -0.2) is 178 Å². The number of phenols is 3. The summed E-state index contributed by atoms with van der Waals surface area (Å²) in [5, 5.41) is 124. The van der Waals surface area contributed by atoms with Crippen LogP contribution in [0.3, 0.4) is 0 Å². The van der Waals surface area contributed by atoms with E-state index in [1.807, 2.05) is 13.8 Å². The number of carboxylic acid groups (broad SMARTS) is 1. The molecule has 0 saturated carbocycles. The van der Waals surface area contributed by atoms with Gasteiger partial charge >= 0.3 is 5.97 Å². The van der Waals surface area contributed by atoms with E-state index in [-0.39, 0.29) is 57.5 Å². The SMILES string of the molecule is CN[C@H](CC(C)C)C(=O)C[C@H]1C(=O)N[C@@H](CC(N)=O)C(=O)C[C@H]2C(=O)N[C@H]3C(=O)C[C@H](C(=O)N[C@H](C(=O)O)c4cc(O)cc(O)c4-c4cc3ccc4O)[C@H](O)c3ccc(c(Cl)c3)Oc3cc2cc(c3O[C@@H]2O[C@H](CO)[C@@H](O)[C@H](O)[C@H]2O[C@H]2C[C@](C)(N)[C@H](O)[C@H](C)O2)Oc2ccc(cc2Cl)[C@H]1O. The molecule has 7 heterocycles. The highest BCUT2D eigenvalue weighted by atomic mass is 35.5. The molecule has 4 amide bonds. The number of aliphatic hydroxyl groups is 6. The second-order valence-corrected chi connectivity index (χ2v) is 27.4. The molecule has 0 radical (unpaired) electrons. The highest BCUT2D eigenvalue weighted by molar-refractivity contribution is 6.32. The number of aromatic hydroxyl groups is 3. The number of benzene rings is 5. The average Bonchev–Trinajstić information content (AvgIpc) is 0.775. The first kappa shape index (κ1) is 75.1. The van der Waals surface area contributed by atoms with Gasteiger partial charge in [-0.2, -0.15) is 0 Å². The Balaban J connectivity index is 1.24. The van der Waals surface area contributed by atoms with Crippen LogP contribution in [0.4, 0.5) is 0 Å². The van der Waals surface area contributed by atoms with Crippen LogP contribution in [0, 0.1) is 17.8 Å². The summed E-state index contributed by atoms with van der Waals surface area (Å²) >= 11 is 14.2. The zero-order valence-corrected chi connectivity index (χ0v) is 56.5. The van der Waals surface area contributed by atoms with Crippen LogP contribution in [0.1, 0.15) is 124 Å². The number of halogens is 2. The lowest BCUT2D eigenvalue weighted by Gasteiger charge is -2.47. The van der Waals surface area contributed by atoms with Crippen molar-refractivity contribution in [3.63, 3.8) is 0 Å². The number of ether oxygens (including phenoxy) is 6.